The molecule has 0 spiro atoms. The van der Waals surface area contributed by atoms with Gasteiger partial charge in [-0.2, -0.15) is 0 Å². The molecule has 0 fully saturated rings. The van der Waals surface area contributed by atoms with Gasteiger partial charge in [0.2, 0.25) is 0 Å². The van der Waals surface area contributed by atoms with E-state index in [4.69, 9.17) is 4.74 Å². The van der Waals surface area contributed by atoms with Crippen molar-refractivity contribution in [2.75, 3.05) is 13.7 Å². The number of thiazole rings is 1. The van der Waals surface area contributed by atoms with Crippen LogP contribution < -0.4 is 0 Å². The first-order valence-corrected chi connectivity index (χ1v) is 7.02. The molecule has 17 heavy (non-hydrogen) atoms. The lowest BCUT2D eigenvalue weighted by molar-refractivity contribution is 0.195. The molecule has 0 saturated heterocycles. The highest BCUT2D eigenvalue weighted by Gasteiger charge is 2.05. The van der Waals surface area contributed by atoms with Crippen LogP contribution in [-0.4, -0.2) is 23.7 Å². The zero-order valence-corrected chi connectivity index (χ0v) is 11.9. The van der Waals surface area contributed by atoms with Crippen molar-refractivity contribution in [2.24, 2.45) is 0 Å². The van der Waals surface area contributed by atoms with Crippen molar-refractivity contribution in [2.45, 2.75) is 12.8 Å². The molecule has 2 rings (SSSR count). The predicted molar refractivity (Wildman–Crippen MR) is 73.2 cm³/mol. The topological polar surface area (TPSA) is 35.0 Å². The fourth-order valence-electron chi connectivity index (χ4n) is 1.44. The summed E-state index contributed by atoms with van der Waals surface area (Å²) in [5.41, 5.74) is 1.87. The fraction of sp³-hybridized carbons (Fsp3) is 0.333. The summed E-state index contributed by atoms with van der Waals surface area (Å²) < 4.78 is 6.01. The molecule has 0 saturated carbocycles. The van der Waals surface area contributed by atoms with Crippen molar-refractivity contribution >= 4 is 27.3 Å². The molecule has 0 unspecified atom stereocenters. The van der Waals surface area contributed by atoms with Crippen molar-refractivity contribution in [3.8, 4) is 11.4 Å². The van der Waals surface area contributed by atoms with Gasteiger partial charge in [0.25, 0.3) is 0 Å². The van der Waals surface area contributed by atoms with Crippen LogP contribution >= 0.6 is 27.3 Å². The molecule has 0 atom stereocenters. The molecule has 90 valence electrons. The Hall–Kier alpha value is -0.780. The summed E-state index contributed by atoms with van der Waals surface area (Å²) in [6.45, 7) is 0.783. The molecule has 3 nitrogen and oxygen atoms in total. The number of aromatic nitrogens is 2. The van der Waals surface area contributed by atoms with Crippen LogP contribution in [0.5, 0.6) is 0 Å². The third-order valence-corrected chi connectivity index (χ3v) is 3.66. The molecule has 0 amide bonds. The Labute approximate surface area is 113 Å². The smallest absolute Gasteiger partial charge is 0.0998 e. The van der Waals surface area contributed by atoms with Gasteiger partial charge in [-0.25, -0.2) is 4.98 Å². The molecule has 0 bridgehead atoms. The number of pyridine rings is 1. The number of hydrogen-bond donors (Lipinski definition) is 0. The van der Waals surface area contributed by atoms with Gasteiger partial charge in [-0.15, -0.1) is 11.3 Å². The number of aryl methyl sites for hydroxylation is 1. The number of rotatable bonds is 5. The first kappa shape index (κ1) is 12.7. The van der Waals surface area contributed by atoms with E-state index >= 15 is 0 Å². The average molecular weight is 313 g/mol. The molecule has 0 radical (unpaired) electrons. The van der Waals surface area contributed by atoms with Crippen LogP contribution in [0.25, 0.3) is 11.4 Å². The van der Waals surface area contributed by atoms with E-state index in [9.17, 15) is 0 Å². The van der Waals surface area contributed by atoms with Gasteiger partial charge in [-0.05, 0) is 34.5 Å². The Morgan fingerprint density at radius 3 is 2.94 bits per heavy atom. The second kappa shape index (κ2) is 6.23. The highest BCUT2D eigenvalue weighted by Crippen LogP contribution is 2.22. The first-order valence-electron chi connectivity index (χ1n) is 5.35. The number of halogens is 1. The number of ether oxygens (including phenoxy) is 1. The van der Waals surface area contributed by atoms with E-state index < -0.39 is 0 Å². The van der Waals surface area contributed by atoms with Gasteiger partial charge in [0.1, 0.15) is 0 Å². The van der Waals surface area contributed by atoms with E-state index in [2.05, 4.69) is 31.3 Å². The minimum atomic E-state index is 0.783. The van der Waals surface area contributed by atoms with E-state index in [1.165, 1.54) is 0 Å². The molecule has 0 aliphatic heterocycles. The molecule has 0 aliphatic rings. The number of methoxy groups -OCH3 is 1. The minimum absolute atomic E-state index is 0.783. The molecule has 2 heterocycles. The van der Waals surface area contributed by atoms with Gasteiger partial charge in [0.05, 0.1) is 16.4 Å². The molecule has 2 aromatic heterocycles. The second-order valence-electron chi connectivity index (χ2n) is 3.58. The van der Waals surface area contributed by atoms with Crippen molar-refractivity contribution in [1.82, 2.24) is 9.97 Å². The molecular formula is C12H13BrN2OS. The third-order valence-electron chi connectivity index (χ3n) is 2.28. The highest BCUT2D eigenvalue weighted by atomic mass is 79.9. The number of nitrogens with zero attached hydrogens (tertiary/aromatic N) is 2. The Morgan fingerprint density at radius 2 is 2.24 bits per heavy atom. The summed E-state index contributed by atoms with van der Waals surface area (Å²) in [5.74, 6) is 0. The maximum Gasteiger partial charge on any atom is 0.0998 e. The first-order chi connectivity index (χ1) is 8.29. The Kier molecular flexibility index (Phi) is 4.65. The highest BCUT2D eigenvalue weighted by molar-refractivity contribution is 9.10. The second-order valence-corrected chi connectivity index (χ2v) is 5.44. The summed E-state index contributed by atoms with van der Waals surface area (Å²) >= 11 is 5.05. The van der Waals surface area contributed by atoms with E-state index in [1.54, 1.807) is 24.6 Å². The molecule has 2 aromatic rings. The summed E-state index contributed by atoms with van der Waals surface area (Å²) in [6, 6.07) is 3.95. The standard InChI is InChI=1S/C12H13BrN2OS/c1-16-6-2-3-12-15-11(8-17-12)10-5-4-9(13)7-14-10/h4-5,7-8H,2-3,6H2,1H3. The van der Waals surface area contributed by atoms with Crippen LogP contribution in [0.2, 0.25) is 0 Å². The maximum atomic E-state index is 5.03. The maximum absolute atomic E-state index is 5.03. The van der Waals surface area contributed by atoms with Gasteiger partial charge in [-0.3, -0.25) is 4.98 Å². The Balaban J connectivity index is 2.04. The van der Waals surface area contributed by atoms with Crippen molar-refractivity contribution in [3.05, 3.63) is 33.2 Å². The predicted octanol–water partition coefficient (Wildman–Crippen LogP) is 3.55. The fourth-order valence-corrected chi connectivity index (χ4v) is 2.51. The number of hydrogen-bond acceptors (Lipinski definition) is 4. The van der Waals surface area contributed by atoms with E-state index in [0.29, 0.717) is 0 Å². The van der Waals surface area contributed by atoms with Crippen LogP contribution in [0.15, 0.2) is 28.2 Å². The van der Waals surface area contributed by atoms with Crippen molar-refractivity contribution in [3.63, 3.8) is 0 Å². The normalized spacial score (nSPS) is 10.7. The van der Waals surface area contributed by atoms with Gasteiger partial charge in [0, 0.05) is 36.2 Å². The average Bonchev–Trinajstić information content (AvgIpc) is 2.79. The lowest BCUT2D eigenvalue weighted by atomic mass is 10.3. The van der Waals surface area contributed by atoms with Crippen LogP contribution in [0, 0.1) is 0 Å². The SMILES string of the molecule is COCCCc1nc(-c2ccc(Br)cn2)cs1. The van der Waals surface area contributed by atoms with E-state index in [-0.39, 0.29) is 0 Å². The van der Waals surface area contributed by atoms with Crippen LogP contribution in [0.4, 0.5) is 0 Å². The molecule has 0 aromatic carbocycles. The summed E-state index contributed by atoms with van der Waals surface area (Å²) in [6.07, 6.45) is 3.77. The van der Waals surface area contributed by atoms with Crippen LogP contribution in [0.1, 0.15) is 11.4 Å². The molecule has 5 heteroatoms. The van der Waals surface area contributed by atoms with Gasteiger partial charge in [-0.1, -0.05) is 0 Å². The molecule has 0 aliphatic carbocycles. The van der Waals surface area contributed by atoms with Crippen LogP contribution in [-0.2, 0) is 11.2 Å². The monoisotopic (exact) mass is 312 g/mol. The van der Waals surface area contributed by atoms with E-state index in [1.807, 2.05) is 12.1 Å². The van der Waals surface area contributed by atoms with Gasteiger partial charge < -0.3 is 4.74 Å². The summed E-state index contributed by atoms with van der Waals surface area (Å²) in [5, 5.41) is 3.19. The third kappa shape index (κ3) is 3.59. The van der Waals surface area contributed by atoms with Crippen molar-refractivity contribution in [1.29, 1.82) is 0 Å². The zero-order valence-electron chi connectivity index (χ0n) is 9.52. The quantitative estimate of drug-likeness (QED) is 0.792. The molecule has 0 N–H and O–H groups in total. The molecular weight excluding hydrogens is 300 g/mol. The van der Waals surface area contributed by atoms with Crippen LogP contribution in [0.3, 0.4) is 0 Å². The largest absolute Gasteiger partial charge is 0.385 e. The summed E-state index contributed by atoms with van der Waals surface area (Å²) in [7, 11) is 1.72. The van der Waals surface area contributed by atoms with Gasteiger partial charge in [0.15, 0.2) is 0 Å². The van der Waals surface area contributed by atoms with Gasteiger partial charge >= 0.3 is 0 Å². The lowest BCUT2D eigenvalue weighted by Gasteiger charge is -1.96. The lowest BCUT2D eigenvalue weighted by Crippen LogP contribution is -1.92. The Bertz CT molecular complexity index is 470. The summed E-state index contributed by atoms with van der Waals surface area (Å²) in [4.78, 5) is 8.90. The Morgan fingerprint density at radius 1 is 1.35 bits per heavy atom. The zero-order chi connectivity index (χ0) is 12.1. The minimum Gasteiger partial charge on any atom is -0.385 e. The van der Waals surface area contributed by atoms with E-state index in [0.717, 1.165) is 40.3 Å². The van der Waals surface area contributed by atoms with Crippen molar-refractivity contribution < 1.29 is 4.74 Å².